The summed E-state index contributed by atoms with van der Waals surface area (Å²) < 4.78 is 6.38. The van der Waals surface area contributed by atoms with Crippen LogP contribution in [-0.4, -0.2) is 33.3 Å². The van der Waals surface area contributed by atoms with Gasteiger partial charge in [-0.1, -0.05) is 6.92 Å². The van der Waals surface area contributed by atoms with E-state index in [4.69, 9.17) is 17.0 Å². The molecule has 100 valence electrons. The quantitative estimate of drug-likeness (QED) is 0.477. The topological polar surface area (TPSA) is 82.2 Å². The van der Waals surface area contributed by atoms with Crippen molar-refractivity contribution in [3.63, 3.8) is 0 Å². The molecule has 1 aromatic rings. The Morgan fingerprint density at radius 1 is 1.72 bits per heavy atom. The molecule has 0 bridgehead atoms. The summed E-state index contributed by atoms with van der Waals surface area (Å²) in [4.78, 5) is 14.5. The van der Waals surface area contributed by atoms with Gasteiger partial charge in [-0.2, -0.15) is 0 Å². The third-order valence-corrected chi connectivity index (χ3v) is 2.68. The van der Waals surface area contributed by atoms with Gasteiger partial charge in [-0.25, -0.2) is 9.55 Å². The van der Waals surface area contributed by atoms with Crippen LogP contribution in [0.2, 0.25) is 0 Å². The summed E-state index contributed by atoms with van der Waals surface area (Å²) >= 11 is 4.83. The van der Waals surface area contributed by atoms with E-state index >= 15 is 0 Å². The molecule has 0 atom stereocenters. The number of nitrogens with one attached hydrogen (secondary N) is 1. The van der Waals surface area contributed by atoms with Crippen LogP contribution >= 0.6 is 12.2 Å². The summed E-state index contributed by atoms with van der Waals surface area (Å²) in [5.74, 6) is 0.720. The molecule has 0 fully saturated rings. The fourth-order valence-corrected chi connectivity index (χ4v) is 1.66. The third-order valence-electron chi connectivity index (χ3n) is 2.37. The Morgan fingerprint density at radius 2 is 2.44 bits per heavy atom. The molecular formula is C10H16N4O3S. The minimum atomic E-state index is -0.430. The number of imidazole rings is 1. The van der Waals surface area contributed by atoms with Crippen molar-refractivity contribution in [1.82, 2.24) is 14.9 Å². The van der Waals surface area contributed by atoms with Gasteiger partial charge in [-0.15, -0.1) is 0 Å². The lowest BCUT2D eigenvalue weighted by Gasteiger charge is -2.07. The van der Waals surface area contributed by atoms with Gasteiger partial charge < -0.3 is 20.2 Å². The van der Waals surface area contributed by atoms with Crippen molar-refractivity contribution in [3.05, 3.63) is 22.1 Å². The van der Waals surface area contributed by atoms with E-state index < -0.39 is 4.92 Å². The first kappa shape index (κ1) is 14.4. The second-order valence-corrected chi connectivity index (χ2v) is 3.98. The van der Waals surface area contributed by atoms with Crippen LogP contribution in [0.1, 0.15) is 19.2 Å². The Hall–Kier alpha value is -1.70. The summed E-state index contributed by atoms with van der Waals surface area (Å²) in [7, 11) is 1.47. The number of thiocarbonyl (C=S) groups is 1. The van der Waals surface area contributed by atoms with Crippen molar-refractivity contribution < 1.29 is 9.66 Å². The molecule has 0 aliphatic rings. The van der Waals surface area contributed by atoms with Gasteiger partial charge in [0.2, 0.25) is 0 Å². The molecular weight excluding hydrogens is 256 g/mol. The van der Waals surface area contributed by atoms with Crippen molar-refractivity contribution >= 4 is 23.2 Å². The van der Waals surface area contributed by atoms with Gasteiger partial charge in [-0.3, -0.25) is 0 Å². The summed E-state index contributed by atoms with van der Waals surface area (Å²) in [6.45, 7) is 2.89. The normalized spacial score (nSPS) is 10.1. The number of aromatic nitrogens is 2. The van der Waals surface area contributed by atoms with Crippen LogP contribution in [-0.2, 0) is 17.7 Å². The van der Waals surface area contributed by atoms with E-state index in [1.807, 2.05) is 6.92 Å². The zero-order chi connectivity index (χ0) is 13.5. The number of aryl methyl sites for hydroxylation is 1. The lowest BCUT2D eigenvalue weighted by Crippen LogP contribution is -2.27. The summed E-state index contributed by atoms with van der Waals surface area (Å²) in [5, 5.41) is 14.0. The van der Waals surface area contributed by atoms with Gasteiger partial charge in [-0.05, 0) is 23.6 Å². The van der Waals surface area contributed by atoms with Gasteiger partial charge in [0.25, 0.3) is 5.17 Å². The van der Waals surface area contributed by atoms with Crippen LogP contribution in [0.25, 0.3) is 0 Å². The molecule has 7 nitrogen and oxygen atoms in total. The van der Waals surface area contributed by atoms with E-state index in [2.05, 4.69) is 10.3 Å². The Morgan fingerprint density at radius 3 is 3.00 bits per heavy atom. The highest BCUT2D eigenvalue weighted by atomic mass is 32.1. The lowest BCUT2D eigenvalue weighted by atomic mass is 10.3. The van der Waals surface area contributed by atoms with Crippen LogP contribution in [0.5, 0.6) is 0 Å². The minimum Gasteiger partial charge on any atom is -0.474 e. The summed E-state index contributed by atoms with van der Waals surface area (Å²) in [6.07, 6.45) is 2.89. The number of ether oxygens (including phenoxy) is 1. The van der Waals surface area contributed by atoms with Crippen molar-refractivity contribution in [3.8, 4) is 0 Å². The molecule has 1 rings (SSSR count). The maximum Gasteiger partial charge on any atom is 0.342 e. The van der Waals surface area contributed by atoms with Crippen molar-refractivity contribution in [1.29, 1.82) is 0 Å². The standard InChI is InChI=1S/C10H16N4O3S/c1-3-4-8-12-7-9(14(15)16)13(8)6-5-11-10(18)17-2/h7H,3-6H2,1-2H3,(H,11,18). The number of nitrogens with zero attached hydrogens (tertiary/aromatic N) is 3. The molecule has 1 aromatic heterocycles. The van der Waals surface area contributed by atoms with Gasteiger partial charge in [0, 0.05) is 6.42 Å². The van der Waals surface area contributed by atoms with Crippen LogP contribution < -0.4 is 5.32 Å². The molecule has 0 saturated heterocycles. The minimum absolute atomic E-state index is 0.00332. The van der Waals surface area contributed by atoms with E-state index in [0.29, 0.717) is 25.3 Å². The molecule has 0 aromatic carbocycles. The average Bonchev–Trinajstić information content (AvgIpc) is 2.73. The third kappa shape index (κ3) is 3.66. The zero-order valence-electron chi connectivity index (χ0n) is 10.4. The molecule has 1 heterocycles. The number of methoxy groups -OCH3 is 1. The summed E-state index contributed by atoms with van der Waals surface area (Å²) in [6, 6.07) is 0. The molecule has 1 N–H and O–H groups in total. The number of hydrogen-bond donors (Lipinski definition) is 1. The zero-order valence-corrected chi connectivity index (χ0v) is 11.2. The van der Waals surface area contributed by atoms with E-state index in [1.54, 1.807) is 4.57 Å². The van der Waals surface area contributed by atoms with E-state index in [1.165, 1.54) is 13.3 Å². The van der Waals surface area contributed by atoms with Crippen LogP contribution in [0.4, 0.5) is 5.82 Å². The lowest BCUT2D eigenvalue weighted by molar-refractivity contribution is -0.392. The molecule has 0 radical (unpaired) electrons. The Labute approximate surface area is 110 Å². The van der Waals surface area contributed by atoms with Crippen molar-refractivity contribution in [2.45, 2.75) is 26.3 Å². The smallest absolute Gasteiger partial charge is 0.342 e. The van der Waals surface area contributed by atoms with Crippen LogP contribution in [0.3, 0.4) is 0 Å². The van der Waals surface area contributed by atoms with E-state index in [9.17, 15) is 10.1 Å². The Kier molecular flexibility index (Phi) is 5.50. The molecule has 18 heavy (non-hydrogen) atoms. The van der Waals surface area contributed by atoms with Crippen LogP contribution in [0.15, 0.2) is 6.20 Å². The number of rotatable bonds is 6. The highest BCUT2D eigenvalue weighted by Gasteiger charge is 2.19. The van der Waals surface area contributed by atoms with E-state index in [0.717, 1.165) is 6.42 Å². The first-order valence-electron chi connectivity index (χ1n) is 5.60. The fraction of sp³-hybridized carbons (Fsp3) is 0.600. The predicted molar refractivity (Wildman–Crippen MR) is 70.5 cm³/mol. The molecule has 0 aliphatic carbocycles. The highest BCUT2D eigenvalue weighted by Crippen LogP contribution is 2.14. The number of hydrogen-bond acceptors (Lipinski definition) is 5. The highest BCUT2D eigenvalue weighted by molar-refractivity contribution is 7.80. The Bertz CT molecular complexity index is 433. The maximum absolute atomic E-state index is 10.9. The first-order valence-corrected chi connectivity index (χ1v) is 6.01. The van der Waals surface area contributed by atoms with Crippen molar-refractivity contribution in [2.75, 3.05) is 13.7 Å². The monoisotopic (exact) mass is 272 g/mol. The predicted octanol–water partition coefficient (Wildman–Crippen LogP) is 1.26. The van der Waals surface area contributed by atoms with Gasteiger partial charge in [0.1, 0.15) is 12.7 Å². The second-order valence-electron chi connectivity index (χ2n) is 3.61. The van der Waals surface area contributed by atoms with Crippen LogP contribution in [0, 0.1) is 10.1 Å². The van der Waals surface area contributed by atoms with Gasteiger partial charge >= 0.3 is 5.82 Å². The SMILES string of the molecule is CCCc1ncc([N+](=O)[O-])n1CCNC(=S)OC. The first-order chi connectivity index (χ1) is 8.60. The number of nitro groups is 1. The molecule has 0 aliphatic heterocycles. The molecule has 0 saturated carbocycles. The van der Waals surface area contributed by atoms with Crippen molar-refractivity contribution in [2.24, 2.45) is 0 Å². The summed E-state index contributed by atoms with van der Waals surface area (Å²) in [5.41, 5.74) is 0. The fourth-order valence-electron chi connectivity index (χ4n) is 1.56. The molecule has 0 spiro atoms. The maximum atomic E-state index is 10.9. The Balaban J connectivity index is 2.74. The largest absolute Gasteiger partial charge is 0.474 e. The van der Waals surface area contributed by atoms with E-state index in [-0.39, 0.29) is 11.0 Å². The second kappa shape index (κ2) is 6.90. The molecule has 8 heteroatoms. The molecule has 0 unspecified atom stereocenters. The molecule has 0 amide bonds. The average molecular weight is 272 g/mol. The van der Waals surface area contributed by atoms with Gasteiger partial charge in [0.05, 0.1) is 13.7 Å². The van der Waals surface area contributed by atoms with Gasteiger partial charge in [0.15, 0.2) is 5.82 Å².